The zero-order chi connectivity index (χ0) is 52.0. The van der Waals surface area contributed by atoms with Gasteiger partial charge in [0, 0.05) is 101 Å². The van der Waals surface area contributed by atoms with Crippen LogP contribution in [-0.4, -0.2) is 96.5 Å². The first-order valence-electron chi connectivity index (χ1n) is 17.8. The van der Waals surface area contributed by atoms with Crippen LogP contribution in [0.5, 0.6) is 0 Å². The quantitative estimate of drug-likeness (QED) is 0.130. The summed E-state index contributed by atoms with van der Waals surface area (Å²) in [6.07, 6.45) is 8.90. The van der Waals surface area contributed by atoms with Crippen molar-refractivity contribution in [2.24, 2.45) is 32.5 Å². The van der Waals surface area contributed by atoms with Crippen molar-refractivity contribution in [3.63, 3.8) is 0 Å². The number of fused-ring (bicyclic) bond motifs is 4. The summed E-state index contributed by atoms with van der Waals surface area (Å²) >= 11 is 43.1. The number of halogens is 8. The molecular weight excluding hydrogens is 1300 g/mol. The molecule has 1 radical (unpaired) electrons. The zero-order valence-electron chi connectivity index (χ0n) is 37.7. The molecule has 0 aliphatic heterocycles. The molecule has 9 aromatic rings. The molecule has 0 aliphatic rings. The predicted octanol–water partition coefficient (Wildman–Crippen LogP) is 6.10. The van der Waals surface area contributed by atoms with Crippen LogP contribution >= 0.6 is 119 Å². The molecule has 73 heavy (non-hydrogen) atoms. The Bertz CT molecular complexity index is 3220. The molecule has 0 fully saturated rings. The van der Waals surface area contributed by atoms with Gasteiger partial charge in [0.05, 0.1) is 53.4 Å². The van der Waals surface area contributed by atoms with Gasteiger partial charge in [-0.1, -0.05) is 58.0 Å². The standard InChI is InChI=1S/C14H9BrCl2N4O.2C7H5BrClN3.C7H6ClN3.3CO2.Ar.BHNS.Li.H3N.H2O/c1-21-13-10(12(15)20-21)11(17)9(6-18-13)14(22)19-8-4-2-7(16)3-5-8;2*1-12-7-5(6(8)11-12)4(9)2-3-10-7;1-11-7-5(4-10-11)6(8)2-3-9-7;3*2-1-3;;1-2-3;;;/h2-6H,1H3,(H,19,22);2*2-3H,1H3;2-4H,1H3;;;;;3H;;1H3;1H2/q;;;;;;;;;+1;;/p-1. The first-order valence-corrected chi connectivity index (χ1v) is 22.4. The van der Waals surface area contributed by atoms with E-state index in [-0.39, 0.29) is 98.2 Å². The summed E-state index contributed by atoms with van der Waals surface area (Å²) in [5, 5.41) is 25.4. The Kier molecular flexibility index (Phi) is 38.1. The molecule has 0 unspecified atom stereocenters. The Balaban J connectivity index is -0.000000843. The molecule has 9 rings (SSSR count). The third-order valence-electron chi connectivity index (χ3n) is 7.94. The number of anilines is 1. The van der Waals surface area contributed by atoms with Crippen molar-refractivity contribution in [1.82, 2.24) is 65.2 Å². The maximum Gasteiger partial charge on any atom is 1.00 e. The third kappa shape index (κ3) is 21.4. The van der Waals surface area contributed by atoms with E-state index in [1.54, 1.807) is 93.0 Å². The van der Waals surface area contributed by atoms with Crippen molar-refractivity contribution in [2.45, 2.75) is 0 Å². The summed E-state index contributed by atoms with van der Waals surface area (Å²) in [6, 6.07) is 12.0. The van der Waals surface area contributed by atoms with Gasteiger partial charge in [0.15, 0.2) is 22.6 Å². The van der Waals surface area contributed by atoms with E-state index in [4.69, 9.17) is 86.8 Å². The van der Waals surface area contributed by atoms with Crippen LogP contribution in [0.2, 0.25) is 25.1 Å². The topological polar surface area (TPSA) is 332 Å². The largest absolute Gasteiger partial charge is 1.00 e. The van der Waals surface area contributed by atoms with Crippen LogP contribution in [0.25, 0.3) is 44.1 Å². The molecule has 0 bridgehead atoms. The number of pyridine rings is 4. The van der Waals surface area contributed by atoms with E-state index in [1.807, 2.05) is 21.1 Å². The fourth-order valence-corrected chi connectivity index (χ4v) is 8.53. The molecule has 0 atom stereocenters. The monoisotopic (exact) mass is 1330 g/mol. The van der Waals surface area contributed by atoms with E-state index >= 15 is 0 Å². The van der Waals surface area contributed by atoms with Gasteiger partial charge < -0.3 is 16.9 Å². The molecule has 0 aliphatic carbocycles. The van der Waals surface area contributed by atoms with Gasteiger partial charge in [-0.15, -0.1) is 0 Å². The number of aryl methyl sites for hydroxylation is 4. The van der Waals surface area contributed by atoms with Crippen molar-refractivity contribution in [3.8, 4) is 0 Å². The molecule has 8 heterocycles. The number of aromatic nitrogens is 12. The Morgan fingerprint density at radius 2 is 0.973 bits per heavy atom. The summed E-state index contributed by atoms with van der Waals surface area (Å²) in [5.74, 6) is -0.350. The van der Waals surface area contributed by atoms with Crippen molar-refractivity contribution in [1.29, 1.82) is 0 Å². The molecule has 8 aromatic heterocycles. The van der Waals surface area contributed by atoms with Crippen molar-refractivity contribution >= 4 is 200 Å². The van der Waals surface area contributed by atoms with Gasteiger partial charge in [-0.25, -0.2) is 34.0 Å². The van der Waals surface area contributed by atoms with Crippen LogP contribution in [0, 0.1) is 37.7 Å². The number of nitrogens with zero attached hydrogens (tertiary/aromatic N) is 13. The van der Waals surface area contributed by atoms with Gasteiger partial charge in [-0.3, -0.25) is 9.48 Å². The molecule has 0 saturated carbocycles. The summed E-state index contributed by atoms with van der Waals surface area (Å²) in [5.41, 5.74) is 3.88. The molecule has 1 aromatic carbocycles. The average molecular weight is 1330 g/mol. The van der Waals surface area contributed by atoms with E-state index in [0.717, 1.165) is 42.3 Å². The van der Waals surface area contributed by atoms with Gasteiger partial charge in [0.1, 0.15) is 13.8 Å². The molecule has 1 amide bonds. The Labute approximate surface area is 511 Å². The van der Waals surface area contributed by atoms with Crippen molar-refractivity contribution in [2.75, 3.05) is 5.32 Å². The van der Waals surface area contributed by atoms with Crippen LogP contribution in [0.3, 0.4) is 0 Å². The van der Waals surface area contributed by atoms with E-state index in [0.29, 0.717) is 46.4 Å². The van der Waals surface area contributed by atoms with Gasteiger partial charge in [0.25, 0.3) is 5.91 Å². The maximum atomic E-state index is 12.4. The summed E-state index contributed by atoms with van der Waals surface area (Å²) in [7, 11) is 11.6. The maximum absolute atomic E-state index is 12.4. The third-order valence-corrected chi connectivity index (χ3v) is 11.2. The molecule has 379 valence electrons. The SMILES string of the molecule is Cn1nc(Br)c2c(Cl)c(C(=O)Nc3ccc(Cl)cc3)cnc21.Cn1nc(Br)c2c(Cl)ccnc21.Cn1nc(Br)c2c(Cl)ccnc21.Cn1ncc2c(Cl)ccnc21.N.O=C=O.O=C=O.O=C=O.[Ar].[B]=NS.[Li+].[OH-]. The number of nitrogens with one attached hydrogen (secondary N) is 1. The van der Waals surface area contributed by atoms with E-state index < -0.39 is 0 Å². The number of thiol groups is 1. The number of carbonyl (C=O) groups excluding carboxylic acids is 7. The summed E-state index contributed by atoms with van der Waals surface area (Å²) in [4.78, 5) is 77.8. The number of carbonyl (C=O) groups is 1. The number of hydrogen-bond acceptors (Lipinski definition) is 19. The number of rotatable bonds is 2. The van der Waals surface area contributed by atoms with Crippen LogP contribution in [0.4, 0.5) is 5.69 Å². The molecule has 0 saturated heterocycles. The Morgan fingerprint density at radius 3 is 1.36 bits per heavy atom. The number of hydrogen-bond donors (Lipinski definition) is 3. The first kappa shape index (κ1) is 73.4. The minimum Gasteiger partial charge on any atom is -0.870 e. The zero-order valence-corrected chi connectivity index (χ0v) is 47.8. The summed E-state index contributed by atoms with van der Waals surface area (Å²) < 4.78 is 11.4. The van der Waals surface area contributed by atoms with Crippen LogP contribution in [0.15, 0.2) is 91.6 Å². The van der Waals surface area contributed by atoms with Crippen molar-refractivity contribution in [3.05, 3.63) is 118 Å². The minimum absolute atomic E-state index is 0. The predicted molar refractivity (Wildman–Crippen MR) is 276 cm³/mol. The minimum atomic E-state index is -0.350. The van der Waals surface area contributed by atoms with Crippen LogP contribution in [0.1, 0.15) is 10.4 Å². The van der Waals surface area contributed by atoms with Crippen molar-refractivity contribution < 1.29 is 95.6 Å². The molecule has 0 spiro atoms. The van der Waals surface area contributed by atoms with Gasteiger partial charge in [-0.2, -0.15) is 49.2 Å². The molecular formula is C38H30ArBBr3Cl5LiN15O8S. The number of amides is 1. The van der Waals surface area contributed by atoms with E-state index in [9.17, 15) is 4.79 Å². The number of benzene rings is 1. The van der Waals surface area contributed by atoms with Crippen LogP contribution < -0.4 is 30.3 Å². The smallest absolute Gasteiger partial charge is 0.870 e. The summed E-state index contributed by atoms with van der Waals surface area (Å²) in [6.45, 7) is 0. The fourth-order valence-electron chi connectivity index (χ4n) is 5.23. The second-order valence-electron chi connectivity index (χ2n) is 12.0. The molecule has 35 heteroatoms. The second kappa shape index (κ2) is 37.8. The van der Waals surface area contributed by atoms with Gasteiger partial charge in [-0.05, 0) is 90.3 Å². The first-order chi connectivity index (χ1) is 32.8. The van der Waals surface area contributed by atoms with E-state index in [1.165, 1.54) is 6.20 Å². The second-order valence-corrected chi connectivity index (χ2v) is 16.6. The fraction of sp³-hybridized carbons (Fsp3) is 0.105. The normalized spacial score (nSPS) is 8.99. The van der Waals surface area contributed by atoms with Gasteiger partial charge in [0.2, 0.25) is 0 Å². The molecule has 5 N–H and O–H groups in total. The Hall–Kier alpha value is -3.81. The van der Waals surface area contributed by atoms with E-state index in [2.05, 4.69) is 118 Å². The van der Waals surface area contributed by atoms with Crippen LogP contribution in [-0.2, 0) is 57.0 Å². The van der Waals surface area contributed by atoms with Gasteiger partial charge >= 0.3 is 62.1 Å². The molecule has 23 nitrogen and oxygen atoms in total. The average Bonchev–Trinajstić information content (AvgIpc) is 4.02. The Morgan fingerprint density at radius 1 is 0.616 bits per heavy atom.